The zero-order valence-electron chi connectivity index (χ0n) is 21.8. The van der Waals surface area contributed by atoms with Gasteiger partial charge in [-0.1, -0.05) is 23.7 Å². The van der Waals surface area contributed by atoms with Crippen LogP contribution in [0.5, 0.6) is 0 Å². The molecule has 2 aliphatic heterocycles. The number of nitrogens with zero attached hydrogens (tertiary/aromatic N) is 5. The third-order valence-corrected chi connectivity index (χ3v) is 8.37. The number of aromatic nitrogens is 3. The number of alkyl halides is 1. The van der Waals surface area contributed by atoms with Crippen LogP contribution >= 0.6 is 23.2 Å². The fourth-order valence-corrected chi connectivity index (χ4v) is 5.69. The first-order chi connectivity index (χ1) is 18.9. The van der Waals surface area contributed by atoms with Crippen molar-refractivity contribution in [1.82, 2.24) is 30.1 Å². The second kappa shape index (κ2) is 12.1. The molecule has 1 aromatic carbocycles. The molecule has 0 spiro atoms. The first-order valence-corrected chi connectivity index (χ1v) is 14.2. The van der Waals surface area contributed by atoms with Crippen molar-refractivity contribution in [2.45, 2.75) is 30.8 Å². The number of fused-ring (bicyclic) bond motifs is 1. The molecule has 0 unspecified atom stereocenters. The minimum atomic E-state index is -0.973. The average Bonchev–Trinajstić information content (AvgIpc) is 3.45. The molecule has 5 rings (SSSR count). The van der Waals surface area contributed by atoms with E-state index in [1.54, 1.807) is 11.2 Å². The summed E-state index contributed by atoms with van der Waals surface area (Å²) in [5.41, 5.74) is 7.53. The molecule has 0 radical (unpaired) electrons. The van der Waals surface area contributed by atoms with E-state index >= 15 is 0 Å². The molecule has 2 aromatic heterocycles. The van der Waals surface area contributed by atoms with Gasteiger partial charge in [-0.2, -0.15) is 0 Å². The van der Waals surface area contributed by atoms with Crippen LogP contribution in [0.3, 0.4) is 0 Å². The van der Waals surface area contributed by atoms with Crippen LogP contribution in [0.2, 0.25) is 5.02 Å². The number of nitrogens with one attached hydrogen (secondary N) is 2. The number of H-pyrrole nitrogens is 1. The summed E-state index contributed by atoms with van der Waals surface area (Å²) in [5.74, 6) is 0.697. The van der Waals surface area contributed by atoms with Crippen LogP contribution in [-0.2, 0) is 9.59 Å². The van der Waals surface area contributed by atoms with Gasteiger partial charge in [-0.3, -0.25) is 14.5 Å². The Morgan fingerprint density at radius 3 is 2.46 bits per heavy atom. The Kier molecular flexibility index (Phi) is 8.56. The van der Waals surface area contributed by atoms with Crippen LogP contribution in [0.25, 0.3) is 11.0 Å². The number of halogens is 2. The normalized spacial score (nSPS) is 18.7. The average molecular weight is 574 g/mol. The van der Waals surface area contributed by atoms with E-state index in [4.69, 9.17) is 28.9 Å². The minimum absolute atomic E-state index is 0.0127. The molecule has 2 aliphatic rings. The standard InChI is InChI=1S/C27H34Cl2N8O2/c28-17-23(38)36-15-13-35(14-16-36)10-6-22(19-1-3-20(29)4-2-19)34-26(39)27(30)7-11-37(12-8-27)25-21-5-9-31-24(21)32-18-33-25/h1-5,9,18,22H,6-8,10-17,30H2,(H,34,39)(H,31,32,33)/t22-/m0/s1. The van der Waals surface area contributed by atoms with Crippen molar-refractivity contribution in [3.8, 4) is 0 Å². The molecular formula is C27H34Cl2N8O2. The molecule has 10 nitrogen and oxygen atoms in total. The number of piperazine rings is 1. The Morgan fingerprint density at radius 2 is 1.77 bits per heavy atom. The topological polar surface area (TPSA) is 123 Å². The van der Waals surface area contributed by atoms with Gasteiger partial charge in [0, 0.05) is 57.0 Å². The number of nitrogens with two attached hydrogens (primary N) is 1. The molecule has 0 bridgehead atoms. The number of hydrogen-bond donors (Lipinski definition) is 3. The summed E-state index contributed by atoms with van der Waals surface area (Å²) in [7, 11) is 0. The maximum atomic E-state index is 13.6. The Bertz CT molecular complexity index is 1280. The third kappa shape index (κ3) is 6.30. The number of aromatic amines is 1. The van der Waals surface area contributed by atoms with Gasteiger partial charge in [0.2, 0.25) is 11.8 Å². The van der Waals surface area contributed by atoms with E-state index in [0.717, 1.165) is 42.0 Å². The molecule has 2 fully saturated rings. The molecule has 12 heteroatoms. The van der Waals surface area contributed by atoms with Gasteiger partial charge in [-0.05, 0) is 43.0 Å². The summed E-state index contributed by atoms with van der Waals surface area (Å²) in [5, 5.41) is 4.86. The smallest absolute Gasteiger partial charge is 0.240 e. The second-order valence-corrected chi connectivity index (χ2v) is 11.0. The van der Waals surface area contributed by atoms with Gasteiger partial charge in [-0.15, -0.1) is 11.6 Å². The Balaban J connectivity index is 1.22. The molecule has 208 valence electrons. The van der Waals surface area contributed by atoms with Gasteiger partial charge in [0.05, 0.1) is 17.0 Å². The van der Waals surface area contributed by atoms with Crippen LogP contribution in [0, 0.1) is 0 Å². The van der Waals surface area contributed by atoms with Crippen LogP contribution in [0.1, 0.15) is 30.9 Å². The van der Waals surface area contributed by atoms with Gasteiger partial charge in [0.15, 0.2) is 0 Å². The second-order valence-electron chi connectivity index (χ2n) is 10.3. The number of anilines is 1. The first-order valence-electron chi connectivity index (χ1n) is 13.3. The SMILES string of the molecule is NC1(C(=O)N[C@@H](CCN2CCN(C(=O)CCl)CC2)c2ccc(Cl)cc2)CCN(c2ncnc3[nH]ccc23)CC1. The lowest BCUT2D eigenvalue weighted by Gasteiger charge is -2.39. The van der Waals surface area contributed by atoms with E-state index in [-0.39, 0.29) is 23.7 Å². The highest BCUT2D eigenvalue weighted by atomic mass is 35.5. The van der Waals surface area contributed by atoms with Gasteiger partial charge in [0.25, 0.3) is 0 Å². The van der Waals surface area contributed by atoms with Crippen LogP contribution in [-0.4, -0.2) is 93.8 Å². The van der Waals surface area contributed by atoms with E-state index in [0.29, 0.717) is 50.5 Å². The molecule has 1 atom stereocenters. The fraction of sp³-hybridized carbons (Fsp3) is 0.481. The van der Waals surface area contributed by atoms with Crippen molar-refractivity contribution in [2.75, 3.05) is 56.6 Å². The van der Waals surface area contributed by atoms with E-state index in [1.165, 1.54) is 0 Å². The highest BCUT2D eigenvalue weighted by Gasteiger charge is 2.39. The largest absolute Gasteiger partial charge is 0.356 e. The summed E-state index contributed by atoms with van der Waals surface area (Å²) in [4.78, 5) is 43.7. The molecular weight excluding hydrogens is 539 g/mol. The van der Waals surface area contributed by atoms with E-state index in [2.05, 4.69) is 30.1 Å². The Morgan fingerprint density at radius 1 is 1.05 bits per heavy atom. The number of hydrogen-bond acceptors (Lipinski definition) is 7. The van der Waals surface area contributed by atoms with Crippen LogP contribution in [0.4, 0.5) is 5.82 Å². The maximum absolute atomic E-state index is 13.6. The van der Waals surface area contributed by atoms with E-state index in [9.17, 15) is 9.59 Å². The van der Waals surface area contributed by atoms with Crippen molar-refractivity contribution < 1.29 is 9.59 Å². The summed E-state index contributed by atoms with van der Waals surface area (Å²) in [6, 6.07) is 9.34. The van der Waals surface area contributed by atoms with Crippen molar-refractivity contribution >= 4 is 51.9 Å². The summed E-state index contributed by atoms with van der Waals surface area (Å²) >= 11 is 11.8. The predicted molar refractivity (Wildman–Crippen MR) is 153 cm³/mol. The number of carbonyl (C=O) groups is 2. The molecule has 4 N–H and O–H groups in total. The molecule has 0 aliphatic carbocycles. The van der Waals surface area contributed by atoms with Gasteiger partial charge < -0.3 is 25.8 Å². The van der Waals surface area contributed by atoms with E-state index in [1.807, 2.05) is 36.5 Å². The molecule has 3 aromatic rings. The Hall–Kier alpha value is -2.92. The molecule has 2 amide bonds. The quantitative estimate of drug-likeness (QED) is 0.354. The Labute approximate surface area is 237 Å². The van der Waals surface area contributed by atoms with Crippen LogP contribution < -0.4 is 16.0 Å². The zero-order valence-corrected chi connectivity index (χ0v) is 23.3. The number of rotatable bonds is 8. The van der Waals surface area contributed by atoms with Crippen molar-refractivity contribution in [3.05, 3.63) is 53.4 Å². The van der Waals surface area contributed by atoms with Crippen molar-refractivity contribution in [3.63, 3.8) is 0 Å². The lowest BCUT2D eigenvalue weighted by Crippen LogP contribution is -2.60. The molecule has 0 saturated carbocycles. The van der Waals surface area contributed by atoms with Gasteiger partial charge in [-0.25, -0.2) is 9.97 Å². The summed E-state index contributed by atoms with van der Waals surface area (Å²) < 4.78 is 0. The van der Waals surface area contributed by atoms with Crippen molar-refractivity contribution in [2.24, 2.45) is 5.73 Å². The van der Waals surface area contributed by atoms with Gasteiger partial charge in [0.1, 0.15) is 23.7 Å². The maximum Gasteiger partial charge on any atom is 0.240 e. The summed E-state index contributed by atoms with van der Waals surface area (Å²) in [6.45, 7) is 4.90. The minimum Gasteiger partial charge on any atom is -0.356 e. The third-order valence-electron chi connectivity index (χ3n) is 7.89. The summed E-state index contributed by atoms with van der Waals surface area (Å²) in [6.07, 6.45) is 5.14. The molecule has 4 heterocycles. The number of piperidine rings is 1. The molecule has 39 heavy (non-hydrogen) atoms. The number of benzene rings is 1. The highest BCUT2D eigenvalue weighted by Crippen LogP contribution is 2.29. The van der Waals surface area contributed by atoms with E-state index < -0.39 is 5.54 Å². The lowest BCUT2D eigenvalue weighted by atomic mass is 9.87. The van der Waals surface area contributed by atoms with Crippen molar-refractivity contribution in [1.29, 1.82) is 0 Å². The lowest BCUT2D eigenvalue weighted by molar-refractivity contribution is -0.130. The number of amides is 2. The fourth-order valence-electron chi connectivity index (χ4n) is 5.39. The monoisotopic (exact) mass is 572 g/mol. The predicted octanol–water partition coefficient (Wildman–Crippen LogP) is 2.54. The zero-order chi connectivity index (χ0) is 27.4. The molecule has 2 saturated heterocycles. The van der Waals surface area contributed by atoms with Gasteiger partial charge >= 0.3 is 0 Å². The number of carbonyl (C=O) groups excluding carboxylic acids is 2. The van der Waals surface area contributed by atoms with Crippen LogP contribution in [0.15, 0.2) is 42.9 Å². The highest BCUT2D eigenvalue weighted by molar-refractivity contribution is 6.30. The first kappa shape index (κ1) is 27.6.